The maximum atomic E-state index is 4.26. The highest BCUT2D eigenvalue weighted by Crippen LogP contribution is 2.12. The summed E-state index contributed by atoms with van der Waals surface area (Å²) in [6.45, 7) is 3.89. The lowest BCUT2D eigenvalue weighted by molar-refractivity contribution is 0.684. The Hall–Kier alpha value is -2.29. The normalized spacial score (nSPS) is 10.8. The second-order valence-corrected chi connectivity index (χ2v) is 4.89. The Balaban J connectivity index is 1.83. The molecule has 0 atom stereocenters. The molecule has 1 aromatic carbocycles. The van der Waals surface area contributed by atoms with Crippen LogP contribution < -0.4 is 0 Å². The van der Waals surface area contributed by atoms with Crippen molar-refractivity contribution in [3.63, 3.8) is 0 Å². The van der Waals surface area contributed by atoms with E-state index in [2.05, 4.69) is 59.3 Å². The number of nitrogens with zero attached hydrogens (tertiary/aromatic N) is 3. The second-order valence-electron chi connectivity index (χ2n) is 4.89. The summed E-state index contributed by atoms with van der Waals surface area (Å²) in [5, 5.41) is 4.26. The van der Waals surface area contributed by atoms with Gasteiger partial charge >= 0.3 is 0 Å². The molecular formula is C16H17N3. The van der Waals surface area contributed by atoms with Gasteiger partial charge in [-0.2, -0.15) is 5.10 Å². The average molecular weight is 251 g/mol. The van der Waals surface area contributed by atoms with Gasteiger partial charge in [-0.25, -0.2) is 0 Å². The molecular weight excluding hydrogens is 234 g/mol. The first-order chi connectivity index (χ1) is 9.29. The zero-order valence-corrected chi connectivity index (χ0v) is 11.0. The van der Waals surface area contributed by atoms with Crippen LogP contribution in [0.3, 0.4) is 0 Å². The molecule has 2 aromatic heterocycles. The van der Waals surface area contributed by atoms with E-state index in [1.54, 1.807) is 0 Å². The zero-order chi connectivity index (χ0) is 13.1. The highest BCUT2D eigenvalue weighted by Gasteiger charge is 2.01. The first kappa shape index (κ1) is 11.8. The van der Waals surface area contributed by atoms with Crippen LogP contribution in [0.1, 0.15) is 16.7 Å². The molecule has 96 valence electrons. The van der Waals surface area contributed by atoms with Gasteiger partial charge in [0.1, 0.15) is 0 Å². The van der Waals surface area contributed by atoms with Gasteiger partial charge in [0.25, 0.3) is 0 Å². The number of aromatic nitrogens is 3. The summed E-state index contributed by atoms with van der Waals surface area (Å²) in [4.78, 5) is 0. The lowest BCUT2D eigenvalue weighted by atomic mass is 10.1. The Morgan fingerprint density at radius 2 is 1.63 bits per heavy atom. The van der Waals surface area contributed by atoms with Crippen molar-refractivity contribution in [3.8, 4) is 0 Å². The Morgan fingerprint density at radius 1 is 0.895 bits per heavy atom. The predicted octanol–water partition coefficient (Wildman–Crippen LogP) is 3.09. The molecule has 19 heavy (non-hydrogen) atoms. The fraction of sp³-hybridized carbons (Fsp3) is 0.188. The third kappa shape index (κ3) is 2.94. The van der Waals surface area contributed by atoms with Crippen LogP contribution in [-0.2, 0) is 13.1 Å². The number of rotatable bonds is 4. The van der Waals surface area contributed by atoms with Crippen LogP contribution in [-0.4, -0.2) is 14.3 Å². The van der Waals surface area contributed by atoms with Crippen LogP contribution in [0.5, 0.6) is 0 Å². The molecule has 0 aliphatic rings. The minimum absolute atomic E-state index is 0.827. The molecule has 3 rings (SSSR count). The molecule has 3 aromatic rings. The minimum Gasteiger partial charge on any atom is -0.350 e. The fourth-order valence-corrected chi connectivity index (χ4v) is 2.40. The molecule has 0 spiro atoms. The maximum Gasteiger partial charge on any atom is 0.0659 e. The van der Waals surface area contributed by atoms with E-state index in [0.717, 1.165) is 13.1 Å². The van der Waals surface area contributed by atoms with Crippen LogP contribution in [0.15, 0.2) is 61.2 Å². The molecule has 0 saturated heterocycles. The molecule has 0 fully saturated rings. The van der Waals surface area contributed by atoms with Crippen molar-refractivity contribution in [2.75, 3.05) is 0 Å². The number of hydrogen-bond acceptors (Lipinski definition) is 1. The van der Waals surface area contributed by atoms with Crippen molar-refractivity contribution in [1.82, 2.24) is 14.3 Å². The lowest BCUT2D eigenvalue weighted by Crippen LogP contribution is -2.03. The lowest BCUT2D eigenvalue weighted by Gasteiger charge is -2.09. The quantitative estimate of drug-likeness (QED) is 0.698. The number of benzene rings is 1. The predicted molar refractivity (Wildman–Crippen MR) is 76.0 cm³/mol. The SMILES string of the molecule is Cc1cc(Cn2cccc2)cc(Cn2cccn2)c1. The van der Waals surface area contributed by atoms with Crippen molar-refractivity contribution in [3.05, 3.63) is 77.9 Å². The van der Waals surface area contributed by atoms with Gasteiger partial charge in [-0.3, -0.25) is 4.68 Å². The monoisotopic (exact) mass is 251 g/mol. The molecule has 0 saturated carbocycles. The van der Waals surface area contributed by atoms with Gasteiger partial charge in [-0.05, 0) is 36.2 Å². The molecule has 0 radical (unpaired) electrons. The van der Waals surface area contributed by atoms with E-state index in [1.165, 1.54) is 16.7 Å². The first-order valence-corrected chi connectivity index (χ1v) is 6.47. The molecule has 2 heterocycles. The third-order valence-corrected chi connectivity index (χ3v) is 3.13. The molecule has 3 nitrogen and oxygen atoms in total. The summed E-state index contributed by atoms with van der Waals surface area (Å²) >= 11 is 0. The van der Waals surface area contributed by atoms with Crippen LogP contribution >= 0.6 is 0 Å². The molecule has 0 aliphatic carbocycles. The van der Waals surface area contributed by atoms with E-state index in [4.69, 9.17) is 0 Å². The van der Waals surface area contributed by atoms with Gasteiger partial charge in [-0.1, -0.05) is 23.8 Å². The summed E-state index contributed by atoms with van der Waals surface area (Å²) in [6.07, 6.45) is 8.00. The van der Waals surface area contributed by atoms with Gasteiger partial charge in [0, 0.05) is 31.3 Å². The van der Waals surface area contributed by atoms with Crippen LogP contribution in [0, 0.1) is 6.92 Å². The average Bonchev–Trinajstić information content (AvgIpc) is 3.01. The zero-order valence-electron chi connectivity index (χ0n) is 11.0. The van der Waals surface area contributed by atoms with Crippen LogP contribution in [0.25, 0.3) is 0 Å². The van der Waals surface area contributed by atoms with Crippen LogP contribution in [0.2, 0.25) is 0 Å². The van der Waals surface area contributed by atoms with Crippen molar-refractivity contribution in [1.29, 1.82) is 0 Å². The van der Waals surface area contributed by atoms with E-state index in [0.29, 0.717) is 0 Å². The summed E-state index contributed by atoms with van der Waals surface area (Å²) < 4.78 is 4.14. The number of hydrogen-bond donors (Lipinski definition) is 0. The molecule has 0 N–H and O–H groups in total. The van der Waals surface area contributed by atoms with Crippen molar-refractivity contribution in [2.24, 2.45) is 0 Å². The summed E-state index contributed by atoms with van der Waals surface area (Å²) in [5.41, 5.74) is 3.93. The summed E-state index contributed by atoms with van der Waals surface area (Å²) in [5.74, 6) is 0. The minimum atomic E-state index is 0.827. The van der Waals surface area contributed by atoms with Crippen LogP contribution in [0.4, 0.5) is 0 Å². The van der Waals surface area contributed by atoms with Gasteiger partial charge in [0.15, 0.2) is 0 Å². The molecule has 0 aliphatic heterocycles. The Kier molecular flexibility index (Phi) is 3.19. The standard InChI is InChI=1S/C16H17N3/c1-14-9-15(12-18-6-2-3-7-18)11-16(10-14)13-19-8-4-5-17-19/h2-11H,12-13H2,1H3. The van der Waals surface area contributed by atoms with Gasteiger partial charge in [-0.15, -0.1) is 0 Å². The third-order valence-electron chi connectivity index (χ3n) is 3.13. The smallest absolute Gasteiger partial charge is 0.0659 e. The first-order valence-electron chi connectivity index (χ1n) is 6.47. The molecule has 3 heteroatoms. The van der Waals surface area contributed by atoms with Crippen molar-refractivity contribution >= 4 is 0 Å². The van der Waals surface area contributed by atoms with Crippen molar-refractivity contribution < 1.29 is 0 Å². The fourth-order valence-electron chi connectivity index (χ4n) is 2.40. The van der Waals surface area contributed by atoms with Gasteiger partial charge < -0.3 is 4.57 Å². The largest absolute Gasteiger partial charge is 0.350 e. The van der Waals surface area contributed by atoms with Gasteiger partial charge in [0.2, 0.25) is 0 Å². The summed E-state index contributed by atoms with van der Waals surface area (Å²) in [6, 6.07) is 12.8. The van der Waals surface area contributed by atoms with Gasteiger partial charge in [0.05, 0.1) is 6.54 Å². The Labute approximate surface area is 113 Å². The molecule has 0 bridgehead atoms. The molecule has 0 unspecified atom stereocenters. The van der Waals surface area contributed by atoms with E-state index in [1.807, 2.05) is 23.1 Å². The van der Waals surface area contributed by atoms with Crippen molar-refractivity contribution in [2.45, 2.75) is 20.0 Å². The van der Waals surface area contributed by atoms with E-state index >= 15 is 0 Å². The van der Waals surface area contributed by atoms with E-state index in [9.17, 15) is 0 Å². The number of aryl methyl sites for hydroxylation is 1. The second kappa shape index (κ2) is 5.14. The van der Waals surface area contributed by atoms with E-state index in [-0.39, 0.29) is 0 Å². The highest BCUT2D eigenvalue weighted by atomic mass is 15.3. The topological polar surface area (TPSA) is 22.8 Å². The molecule has 0 amide bonds. The highest BCUT2D eigenvalue weighted by molar-refractivity contribution is 5.30. The van der Waals surface area contributed by atoms with E-state index < -0.39 is 0 Å². The Bertz CT molecular complexity index is 582. The maximum absolute atomic E-state index is 4.26. The Morgan fingerprint density at radius 3 is 2.32 bits per heavy atom. The summed E-state index contributed by atoms with van der Waals surface area (Å²) in [7, 11) is 0.